The average Bonchev–Trinajstić information content (AvgIpc) is 2.24. The molecular weight excluding hydrogens is 222 g/mol. The van der Waals surface area contributed by atoms with E-state index < -0.39 is 17.9 Å². The molecule has 17 heavy (non-hydrogen) atoms. The van der Waals surface area contributed by atoms with E-state index in [4.69, 9.17) is 5.11 Å². The lowest BCUT2D eigenvalue weighted by Crippen LogP contribution is -2.48. The maximum Gasteiger partial charge on any atom is 0.315 e. The highest BCUT2D eigenvalue weighted by molar-refractivity contribution is 5.76. The lowest BCUT2D eigenvalue weighted by molar-refractivity contribution is -0.141. The number of carboxylic acids is 1. The topological polar surface area (TPSA) is 81.7 Å². The second-order valence-electron chi connectivity index (χ2n) is 4.58. The standard InChI is InChI=1S/C11H23N3O3/c1-7(14(4)5)6-12-11(17)13-9(3)8(2)10(15)16/h7-9H,6H2,1-5H3,(H,15,16)(H2,12,13,17). The highest BCUT2D eigenvalue weighted by Gasteiger charge is 2.20. The molecule has 0 rings (SSSR count). The van der Waals surface area contributed by atoms with Crippen LogP contribution >= 0.6 is 0 Å². The first kappa shape index (κ1) is 15.7. The van der Waals surface area contributed by atoms with Crippen molar-refractivity contribution in [1.82, 2.24) is 15.5 Å². The van der Waals surface area contributed by atoms with Gasteiger partial charge in [-0.25, -0.2) is 4.79 Å². The molecule has 0 spiro atoms. The van der Waals surface area contributed by atoms with E-state index in [9.17, 15) is 9.59 Å². The number of amides is 2. The van der Waals surface area contributed by atoms with E-state index in [1.165, 1.54) is 0 Å². The van der Waals surface area contributed by atoms with Gasteiger partial charge >= 0.3 is 12.0 Å². The van der Waals surface area contributed by atoms with Gasteiger partial charge in [-0.15, -0.1) is 0 Å². The molecule has 2 amide bonds. The molecule has 0 saturated carbocycles. The summed E-state index contributed by atoms with van der Waals surface area (Å²) >= 11 is 0. The molecule has 0 radical (unpaired) electrons. The molecule has 100 valence electrons. The van der Waals surface area contributed by atoms with Crippen molar-refractivity contribution in [3.8, 4) is 0 Å². The van der Waals surface area contributed by atoms with Crippen LogP contribution < -0.4 is 10.6 Å². The predicted molar refractivity (Wildman–Crippen MR) is 65.9 cm³/mol. The number of carboxylic acid groups (broad SMARTS) is 1. The van der Waals surface area contributed by atoms with Crippen molar-refractivity contribution >= 4 is 12.0 Å². The van der Waals surface area contributed by atoms with Crippen molar-refractivity contribution in [2.45, 2.75) is 32.9 Å². The van der Waals surface area contributed by atoms with Crippen molar-refractivity contribution < 1.29 is 14.7 Å². The van der Waals surface area contributed by atoms with Gasteiger partial charge in [0.05, 0.1) is 5.92 Å². The van der Waals surface area contributed by atoms with Crippen LogP contribution in [0.3, 0.4) is 0 Å². The van der Waals surface area contributed by atoms with Crippen LogP contribution in [-0.2, 0) is 4.79 Å². The molecular formula is C11H23N3O3. The smallest absolute Gasteiger partial charge is 0.315 e. The van der Waals surface area contributed by atoms with Crippen LogP contribution in [0.2, 0.25) is 0 Å². The summed E-state index contributed by atoms with van der Waals surface area (Å²) in [6.07, 6.45) is 0. The van der Waals surface area contributed by atoms with Gasteiger partial charge in [-0.05, 0) is 34.9 Å². The van der Waals surface area contributed by atoms with Crippen LogP contribution in [0.1, 0.15) is 20.8 Å². The van der Waals surface area contributed by atoms with Gasteiger partial charge in [0.2, 0.25) is 0 Å². The molecule has 3 N–H and O–H groups in total. The van der Waals surface area contributed by atoms with Gasteiger partial charge in [0.25, 0.3) is 0 Å². The Morgan fingerprint density at radius 3 is 2.18 bits per heavy atom. The fourth-order valence-corrected chi connectivity index (χ4v) is 1.02. The Bertz CT molecular complexity index is 269. The van der Waals surface area contributed by atoms with Gasteiger partial charge in [0.15, 0.2) is 0 Å². The van der Waals surface area contributed by atoms with Gasteiger partial charge in [0.1, 0.15) is 0 Å². The number of hydrogen-bond acceptors (Lipinski definition) is 3. The second-order valence-corrected chi connectivity index (χ2v) is 4.58. The number of carbonyl (C=O) groups is 2. The fraction of sp³-hybridized carbons (Fsp3) is 0.818. The molecule has 0 aromatic heterocycles. The fourth-order valence-electron chi connectivity index (χ4n) is 1.02. The van der Waals surface area contributed by atoms with Crippen molar-refractivity contribution in [3.05, 3.63) is 0 Å². The molecule has 6 nitrogen and oxygen atoms in total. The average molecular weight is 245 g/mol. The van der Waals surface area contributed by atoms with E-state index in [1.807, 2.05) is 25.9 Å². The maximum absolute atomic E-state index is 11.5. The summed E-state index contributed by atoms with van der Waals surface area (Å²) in [4.78, 5) is 24.2. The van der Waals surface area contributed by atoms with E-state index in [-0.39, 0.29) is 12.1 Å². The zero-order valence-corrected chi connectivity index (χ0v) is 11.2. The van der Waals surface area contributed by atoms with E-state index in [0.29, 0.717) is 6.54 Å². The predicted octanol–water partition coefficient (Wildman–Crippen LogP) is 0.345. The normalized spacial score (nSPS) is 16.1. The van der Waals surface area contributed by atoms with Crippen molar-refractivity contribution in [1.29, 1.82) is 0 Å². The molecule has 0 fully saturated rings. The molecule has 0 aliphatic carbocycles. The third-order valence-corrected chi connectivity index (χ3v) is 2.94. The second kappa shape index (κ2) is 7.11. The Hall–Kier alpha value is -1.30. The summed E-state index contributed by atoms with van der Waals surface area (Å²) in [6, 6.07) is -0.505. The third-order valence-electron chi connectivity index (χ3n) is 2.94. The molecule has 0 aliphatic rings. The van der Waals surface area contributed by atoms with Crippen LogP contribution in [0.15, 0.2) is 0 Å². The van der Waals surface area contributed by atoms with Gasteiger partial charge in [-0.1, -0.05) is 0 Å². The van der Waals surface area contributed by atoms with Crippen LogP contribution in [0.4, 0.5) is 4.79 Å². The number of rotatable bonds is 6. The number of nitrogens with zero attached hydrogens (tertiary/aromatic N) is 1. The molecule has 3 atom stereocenters. The molecule has 6 heteroatoms. The van der Waals surface area contributed by atoms with Gasteiger partial charge in [0, 0.05) is 18.6 Å². The summed E-state index contributed by atoms with van der Waals surface area (Å²) in [7, 11) is 3.86. The largest absolute Gasteiger partial charge is 0.481 e. The lowest BCUT2D eigenvalue weighted by Gasteiger charge is -2.22. The molecule has 0 heterocycles. The Balaban J connectivity index is 3.98. The number of aliphatic carboxylic acids is 1. The number of urea groups is 1. The van der Waals surface area contributed by atoms with Crippen LogP contribution in [0, 0.1) is 5.92 Å². The number of hydrogen-bond donors (Lipinski definition) is 3. The highest BCUT2D eigenvalue weighted by Crippen LogP contribution is 2.01. The lowest BCUT2D eigenvalue weighted by atomic mass is 10.0. The SMILES string of the molecule is CC(NC(=O)NCC(C)N(C)C)C(C)C(=O)O. The Labute approximate surface area is 102 Å². The van der Waals surface area contributed by atoms with E-state index >= 15 is 0 Å². The maximum atomic E-state index is 11.5. The minimum Gasteiger partial charge on any atom is -0.481 e. The minimum absolute atomic E-state index is 0.230. The van der Waals surface area contributed by atoms with Crippen LogP contribution in [0.25, 0.3) is 0 Å². The van der Waals surface area contributed by atoms with Crippen LogP contribution in [0.5, 0.6) is 0 Å². The molecule has 0 aliphatic heterocycles. The van der Waals surface area contributed by atoms with Crippen molar-refractivity contribution in [2.75, 3.05) is 20.6 Å². The van der Waals surface area contributed by atoms with Crippen LogP contribution in [-0.4, -0.2) is 54.7 Å². The quantitative estimate of drug-likeness (QED) is 0.630. The van der Waals surface area contributed by atoms with Gasteiger partial charge in [-0.2, -0.15) is 0 Å². The minimum atomic E-state index is -0.917. The highest BCUT2D eigenvalue weighted by atomic mass is 16.4. The summed E-state index contributed by atoms with van der Waals surface area (Å²) in [6.45, 7) is 5.75. The summed E-state index contributed by atoms with van der Waals surface area (Å²) in [5, 5.41) is 14.1. The Morgan fingerprint density at radius 2 is 1.76 bits per heavy atom. The zero-order chi connectivity index (χ0) is 13.6. The number of likely N-dealkylation sites (N-methyl/N-ethyl adjacent to an activating group) is 1. The third kappa shape index (κ3) is 6.11. The Kier molecular flexibility index (Phi) is 6.57. The summed E-state index contributed by atoms with van der Waals surface area (Å²) in [5.41, 5.74) is 0. The first-order valence-electron chi connectivity index (χ1n) is 5.69. The van der Waals surface area contributed by atoms with Gasteiger partial charge in [-0.3, -0.25) is 4.79 Å². The zero-order valence-electron chi connectivity index (χ0n) is 11.2. The van der Waals surface area contributed by atoms with E-state index in [2.05, 4.69) is 10.6 Å². The molecule has 0 bridgehead atoms. The first-order valence-corrected chi connectivity index (χ1v) is 5.69. The van der Waals surface area contributed by atoms with Gasteiger partial charge < -0.3 is 20.6 Å². The Morgan fingerprint density at radius 1 is 1.24 bits per heavy atom. The number of nitrogens with one attached hydrogen (secondary N) is 2. The molecule has 3 unspecified atom stereocenters. The molecule has 0 saturated heterocycles. The molecule has 0 aromatic rings. The monoisotopic (exact) mass is 245 g/mol. The van der Waals surface area contributed by atoms with E-state index in [0.717, 1.165) is 0 Å². The summed E-state index contributed by atoms with van der Waals surface area (Å²) < 4.78 is 0. The summed E-state index contributed by atoms with van der Waals surface area (Å²) in [5.74, 6) is -1.52. The molecule has 0 aromatic carbocycles. The van der Waals surface area contributed by atoms with Crippen molar-refractivity contribution in [3.63, 3.8) is 0 Å². The van der Waals surface area contributed by atoms with Crippen molar-refractivity contribution in [2.24, 2.45) is 5.92 Å². The number of carbonyl (C=O) groups excluding carboxylic acids is 1. The van der Waals surface area contributed by atoms with E-state index in [1.54, 1.807) is 13.8 Å². The first-order chi connectivity index (χ1) is 7.75.